The highest BCUT2D eigenvalue weighted by Gasteiger charge is 1.98. The van der Waals surface area contributed by atoms with Gasteiger partial charge >= 0.3 is 0 Å². The molecule has 1 aromatic rings. The number of nitrogens with one attached hydrogen (secondary N) is 2. The van der Waals surface area contributed by atoms with E-state index >= 15 is 0 Å². The SMILES string of the molecule is CCNC(=O)CNCc1cccc(Br)c1. The number of benzene rings is 1. The summed E-state index contributed by atoms with van der Waals surface area (Å²) >= 11 is 3.40. The van der Waals surface area contributed by atoms with Gasteiger partial charge in [-0.2, -0.15) is 0 Å². The monoisotopic (exact) mass is 270 g/mol. The lowest BCUT2D eigenvalue weighted by atomic mass is 10.2. The van der Waals surface area contributed by atoms with Crippen LogP contribution in [-0.2, 0) is 11.3 Å². The maximum atomic E-state index is 11.1. The summed E-state index contributed by atoms with van der Waals surface area (Å²) in [5.41, 5.74) is 1.16. The molecule has 0 atom stereocenters. The molecule has 0 fully saturated rings. The average Bonchev–Trinajstić information content (AvgIpc) is 2.18. The Hall–Kier alpha value is -0.870. The Labute approximate surface area is 98.4 Å². The normalized spacial score (nSPS) is 10.0. The van der Waals surface area contributed by atoms with Gasteiger partial charge in [0.25, 0.3) is 0 Å². The van der Waals surface area contributed by atoms with Crippen LogP contribution in [0.15, 0.2) is 28.7 Å². The predicted molar refractivity (Wildman–Crippen MR) is 64.5 cm³/mol. The maximum absolute atomic E-state index is 11.1. The summed E-state index contributed by atoms with van der Waals surface area (Å²) < 4.78 is 1.06. The number of halogens is 1. The number of amides is 1. The highest BCUT2D eigenvalue weighted by atomic mass is 79.9. The second-order valence-corrected chi connectivity index (χ2v) is 4.10. The van der Waals surface area contributed by atoms with Crippen LogP contribution in [0.5, 0.6) is 0 Å². The Morgan fingerprint density at radius 3 is 2.93 bits per heavy atom. The van der Waals surface area contributed by atoms with Gasteiger partial charge in [-0.15, -0.1) is 0 Å². The van der Waals surface area contributed by atoms with Crippen molar-refractivity contribution in [3.63, 3.8) is 0 Å². The van der Waals surface area contributed by atoms with E-state index in [9.17, 15) is 4.79 Å². The summed E-state index contributed by atoms with van der Waals surface area (Å²) in [6.45, 7) is 3.65. The number of likely N-dealkylation sites (N-methyl/N-ethyl adjacent to an activating group) is 1. The molecular formula is C11H15BrN2O. The van der Waals surface area contributed by atoms with Crippen LogP contribution in [0.3, 0.4) is 0 Å². The third kappa shape index (κ3) is 4.95. The average molecular weight is 271 g/mol. The fourth-order valence-electron chi connectivity index (χ4n) is 1.23. The smallest absolute Gasteiger partial charge is 0.233 e. The van der Waals surface area contributed by atoms with E-state index < -0.39 is 0 Å². The zero-order chi connectivity index (χ0) is 11.1. The molecule has 1 rings (SSSR count). The summed E-state index contributed by atoms with van der Waals surface area (Å²) in [5, 5.41) is 5.81. The number of hydrogen-bond donors (Lipinski definition) is 2. The second kappa shape index (κ2) is 6.58. The zero-order valence-electron chi connectivity index (χ0n) is 8.72. The van der Waals surface area contributed by atoms with E-state index in [1.165, 1.54) is 0 Å². The maximum Gasteiger partial charge on any atom is 0.233 e. The van der Waals surface area contributed by atoms with Crippen molar-refractivity contribution in [3.8, 4) is 0 Å². The first-order chi connectivity index (χ1) is 7.22. The van der Waals surface area contributed by atoms with Gasteiger partial charge in [0.1, 0.15) is 0 Å². The quantitative estimate of drug-likeness (QED) is 0.855. The summed E-state index contributed by atoms with van der Waals surface area (Å²) in [6, 6.07) is 8.01. The van der Waals surface area contributed by atoms with Gasteiger partial charge in [-0.1, -0.05) is 28.1 Å². The standard InChI is InChI=1S/C11H15BrN2O/c1-2-14-11(15)8-13-7-9-4-3-5-10(12)6-9/h3-6,13H,2,7-8H2,1H3,(H,14,15). The lowest BCUT2D eigenvalue weighted by molar-refractivity contribution is -0.120. The van der Waals surface area contributed by atoms with Crippen molar-refractivity contribution in [2.24, 2.45) is 0 Å². The van der Waals surface area contributed by atoms with Crippen molar-refractivity contribution < 1.29 is 4.79 Å². The van der Waals surface area contributed by atoms with E-state index in [0.717, 1.165) is 10.0 Å². The van der Waals surface area contributed by atoms with E-state index in [0.29, 0.717) is 19.6 Å². The van der Waals surface area contributed by atoms with Crippen LogP contribution >= 0.6 is 15.9 Å². The van der Waals surface area contributed by atoms with Gasteiger partial charge in [0, 0.05) is 17.6 Å². The molecule has 2 N–H and O–H groups in total. The lowest BCUT2D eigenvalue weighted by Gasteiger charge is -2.05. The molecule has 82 valence electrons. The molecule has 0 aliphatic rings. The molecule has 1 amide bonds. The van der Waals surface area contributed by atoms with Crippen LogP contribution in [-0.4, -0.2) is 19.0 Å². The minimum absolute atomic E-state index is 0.0347. The molecule has 0 heterocycles. The number of hydrogen-bond acceptors (Lipinski definition) is 2. The van der Waals surface area contributed by atoms with Crippen LogP contribution in [0, 0.1) is 0 Å². The van der Waals surface area contributed by atoms with Gasteiger partial charge in [-0.05, 0) is 24.6 Å². The topological polar surface area (TPSA) is 41.1 Å². The van der Waals surface area contributed by atoms with E-state index in [1.54, 1.807) is 0 Å². The largest absolute Gasteiger partial charge is 0.355 e. The van der Waals surface area contributed by atoms with Gasteiger partial charge in [-0.3, -0.25) is 4.79 Å². The molecule has 0 saturated carbocycles. The zero-order valence-corrected chi connectivity index (χ0v) is 10.3. The molecular weight excluding hydrogens is 256 g/mol. The molecule has 0 bridgehead atoms. The summed E-state index contributed by atoms with van der Waals surface area (Å²) in [7, 11) is 0. The molecule has 4 heteroatoms. The highest BCUT2D eigenvalue weighted by molar-refractivity contribution is 9.10. The molecule has 0 spiro atoms. The van der Waals surface area contributed by atoms with Gasteiger partial charge in [-0.25, -0.2) is 0 Å². The fraction of sp³-hybridized carbons (Fsp3) is 0.364. The van der Waals surface area contributed by atoms with E-state index in [-0.39, 0.29) is 5.91 Å². The van der Waals surface area contributed by atoms with Gasteiger partial charge in [0.15, 0.2) is 0 Å². The molecule has 0 radical (unpaired) electrons. The van der Waals surface area contributed by atoms with Crippen molar-refractivity contribution in [2.45, 2.75) is 13.5 Å². The van der Waals surface area contributed by atoms with Gasteiger partial charge < -0.3 is 10.6 Å². The molecule has 0 saturated heterocycles. The van der Waals surface area contributed by atoms with E-state index in [2.05, 4.69) is 26.6 Å². The molecule has 0 unspecified atom stereocenters. The van der Waals surface area contributed by atoms with Crippen LogP contribution in [0.25, 0.3) is 0 Å². The lowest BCUT2D eigenvalue weighted by Crippen LogP contribution is -2.33. The molecule has 0 aliphatic carbocycles. The third-order valence-corrected chi connectivity index (χ3v) is 2.37. The summed E-state index contributed by atoms with van der Waals surface area (Å²) in [6.07, 6.45) is 0. The second-order valence-electron chi connectivity index (χ2n) is 3.19. The molecule has 3 nitrogen and oxygen atoms in total. The Balaban J connectivity index is 2.28. The Bertz CT molecular complexity index is 328. The van der Waals surface area contributed by atoms with Crippen LogP contribution in [0.1, 0.15) is 12.5 Å². The molecule has 0 aliphatic heterocycles. The van der Waals surface area contributed by atoms with Crippen LogP contribution < -0.4 is 10.6 Å². The Kier molecular flexibility index (Phi) is 5.36. The highest BCUT2D eigenvalue weighted by Crippen LogP contribution is 2.10. The summed E-state index contributed by atoms with van der Waals surface area (Å²) in [4.78, 5) is 11.1. The van der Waals surface area contributed by atoms with Crippen molar-refractivity contribution >= 4 is 21.8 Å². The Morgan fingerprint density at radius 1 is 1.47 bits per heavy atom. The Morgan fingerprint density at radius 2 is 2.27 bits per heavy atom. The van der Waals surface area contributed by atoms with Gasteiger partial charge in [0.2, 0.25) is 5.91 Å². The third-order valence-electron chi connectivity index (χ3n) is 1.88. The number of carbonyl (C=O) groups is 1. The minimum atomic E-state index is 0.0347. The minimum Gasteiger partial charge on any atom is -0.355 e. The molecule has 1 aromatic carbocycles. The number of rotatable bonds is 5. The molecule has 15 heavy (non-hydrogen) atoms. The first kappa shape index (κ1) is 12.2. The first-order valence-corrected chi connectivity index (χ1v) is 5.73. The fourth-order valence-corrected chi connectivity index (χ4v) is 1.67. The van der Waals surface area contributed by atoms with Crippen molar-refractivity contribution in [3.05, 3.63) is 34.3 Å². The summed E-state index contributed by atoms with van der Waals surface area (Å²) in [5.74, 6) is 0.0347. The van der Waals surface area contributed by atoms with Gasteiger partial charge in [0.05, 0.1) is 6.54 Å². The van der Waals surface area contributed by atoms with E-state index in [4.69, 9.17) is 0 Å². The van der Waals surface area contributed by atoms with Crippen molar-refractivity contribution in [1.29, 1.82) is 0 Å². The van der Waals surface area contributed by atoms with Crippen molar-refractivity contribution in [1.82, 2.24) is 10.6 Å². The predicted octanol–water partition coefficient (Wildman–Crippen LogP) is 1.67. The van der Waals surface area contributed by atoms with Crippen LogP contribution in [0.4, 0.5) is 0 Å². The van der Waals surface area contributed by atoms with E-state index in [1.807, 2.05) is 31.2 Å². The molecule has 0 aromatic heterocycles. The first-order valence-electron chi connectivity index (χ1n) is 4.94. The van der Waals surface area contributed by atoms with Crippen LogP contribution in [0.2, 0.25) is 0 Å². The van der Waals surface area contributed by atoms with Crippen molar-refractivity contribution in [2.75, 3.05) is 13.1 Å². The number of carbonyl (C=O) groups excluding carboxylic acids is 1.